The Bertz CT molecular complexity index is 372. The van der Waals surface area contributed by atoms with E-state index in [4.69, 9.17) is 21.1 Å². The maximum absolute atomic E-state index is 5.96. The van der Waals surface area contributed by atoms with Gasteiger partial charge >= 0.3 is 0 Å². The summed E-state index contributed by atoms with van der Waals surface area (Å²) in [5.41, 5.74) is 0. The van der Waals surface area contributed by atoms with Crippen molar-refractivity contribution < 1.29 is 9.47 Å². The van der Waals surface area contributed by atoms with Crippen molar-refractivity contribution in [1.82, 2.24) is 9.97 Å². The monoisotopic (exact) mass is 274 g/mol. The molecule has 4 nitrogen and oxygen atoms in total. The zero-order valence-corrected chi connectivity index (χ0v) is 11.3. The lowest BCUT2D eigenvalue weighted by Crippen LogP contribution is -2.17. The highest BCUT2D eigenvalue weighted by molar-refractivity contribution is 7.99. The van der Waals surface area contributed by atoms with Crippen molar-refractivity contribution in [2.24, 2.45) is 0 Å². The minimum Gasteiger partial charge on any atom is -0.381 e. The van der Waals surface area contributed by atoms with Gasteiger partial charge in [-0.15, -0.1) is 11.8 Å². The molecule has 1 saturated heterocycles. The van der Waals surface area contributed by atoms with Gasteiger partial charge in [0.1, 0.15) is 16.8 Å². The van der Waals surface area contributed by atoms with Crippen LogP contribution in [0.5, 0.6) is 0 Å². The normalized spacial score (nSPS) is 17.3. The second kappa shape index (κ2) is 6.54. The van der Waals surface area contributed by atoms with Crippen molar-refractivity contribution in [1.29, 1.82) is 0 Å². The fourth-order valence-electron chi connectivity index (χ4n) is 1.66. The quantitative estimate of drug-likeness (QED) is 0.790. The summed E-state index contributed by atoms with van der Waals surface area (Å²) in [5, 5.41) is 1.95. The SMILES string of the molecule is COCc1nc(Cl)cc(SC2CCOCC2)n1. The first-order chi connectivity index (χ1) is 8.28. The smallest absolute Gasteiger partial charge is 0.156 e. The van der Waals surface area contributed by atoms with E-state index in [2.05, 4.69) is 9.97 Å². The Morgan fingerprint density at radius 2 is 2.24 bits per heavy atom. The molecule has 0 spiro atoms. The molecule has 1 aromatic heterocycles. The van der Waals surface area contributed by atoms with Crippen molar-refractivity contribution in [3.8, 4) is 0 Å². The van der Waals surface area contributed by atoms with E-state index in [1.54, 1.807) is 24.9 Å². The lowest BCUT2D eigenvalue weighted by Gasteiger charge is -2.21. The minimum absolute atomic E-state index is 0.391. The van der Waals surface area contributed by atoms with Crippen LogP contribution >= 0.6 is 23.4 Å². The zero-order valence-electron chi connectivity index (χ0n) is 9.69. The number of halogens is 1. The zero-order chi connectivity index (χ0) is 12.1. The van der Waals surface area contributed by atoms with E-state index in [1.165, 1.54) is 0 Å². The Hall–Kier alpha value is -0.360. The lowest BCUT2D eigenvalue weighted by molar-refractivity contribution is 0.1000. The van der Waals surface area contributed by atoms with Gasteiger partial charge in [-0.2, -0.15) is 0 Å². The second-order valence-electron chi connectivity index (χ2n) is 3.81. The molecule has 0 radical (unpaired) electrons. The molecule has 0 N–H and O–H groups in total. The highest BCUT2D eigenvalue weighted by Crippen LogP contribution is 2.29. The third-order valence-electron chi connectivity index (χ3n) is 2.45. The van der Waals surface area contributed by atoms with E-state index in [9.17, 15) is 0 Å². The Kier molecular flexibility index (Phi) is 5.03. The van der Waals surface area contributed by atoms with Gasteiger partial charge in [-0.3, -0.25) is 0 Å². The predicted octanol–water partition coefficient (Wildman–Crippen LogP) is 2.55. The molecule has 0 atom stereocenters. The van der Waals surface area contributed by atoms with Crippen LogP contribution in [0.1, 0.15) is 18.7 Å². The number of thioether (sulfide) groups is 1. The molecule has 1 aliphatic heterocycles. The summed E-state index contributed by atoms with van der Waals surface area (Å²) in [7, 11) is 1.62. The number of hydrogen-bond acceptors (Lipinski definition) is 5. The van der Waals surface area contributed by atoms with Crippen LogP contribution in [0.15, 0.2) is 11.1 Å². The average Bonchev–Trinajstić information content (AvgIpc) is 2.30. The van der Waals surface area contributed by atoms with Gasteiger partial charge in [-0.05, 0) is 12.8 Å². The van der Waals surface area contributed by atoms with E-state index in [0.29, 0.717) is 22.8 Å². The molecule has 0 saturated carbocycles. The first kappa shape index (κ1) is 13.1. The van der Waals surface area contributed by atoms with Crippen molar-refractivity contribution >= 4 is 23.4 Å². The Balaban J connectivity index is 2.03. The molecular weight excluding hydrogens is 260 g/mol. The third kappa shape index (κ3) is 4.10. The van der Waals surface area contributed by atoms with Gasteiger partial charge < -0.3 is 9.47 Å². The van der Waals surface area contributed by atoms with Gasteiger partial charge in [0.25, 0.3) is 0 Å². The third-order valence-corrected chi connectivity index (χ3v) is 3.90. The predicted molar refractivity (Wildman–Crippen MR) is 67.5 cm³/mol. The summed E-state index contributed by atoms with van der Waals surface area (Å²) in [5.74, 6) is 0.634. The molecule has 1 aromatic rings. The maximum Gasteiger partial charge on any atom is 0.156 e. The lowest BCUT2D eigenvalue weighted by atomic mass is 10.2. The summed E-state index contributed by atoms with van der Waals surface area (Å²) in [4.78, 5) is 8.53. The molecule has 94 valence electrons. The molecular formula is C11H15ClN2O2S. The summed E-state index contributed by atoms with van der Waals surface area (Å²) in [6.07, 6.45) is 2.12. The van der Waals surface area contributed by atoms with Crippen LogP contribution in [-0.4, -0.2) is 35.5 Å². The number of nitrogens with zero attached hydrogens (tertiary/aromatic N) is 2. The molecule has 0 aliphatic carbocycles. The first-order valence-corrected chi connectivity index (χ1v) is 6.80. The van der Waals surface area contributed by atoms with E-state index < -0.39 is 0 Å². The van der Waals surface area contributed by atoms with Crippen LogP contribution < -0.4 is 0 Å². The van der Waals surface area contributed by atoms with E-state index in [-0.39, 0.29) is 0 Å². The minimum atomic E-state index is 0.391. The van der Waals surface area contributed by atoms with Gasteiger partial charge in [-0.1, -0.05) is 11.6 Å². The van der Waals surface area contributed by atoms with Gasteiger partial charge in [-0.25, -0.2) is 9.97 Å². The van der Waals surface area contributed by atoms with Crippen LogP contribution in [0, 0.1) is 0 Å². The van der Waals surface area contributed by atoms with Crippen LogP contribution in [-0.2, 0) is 16.1 Å². The largest absolute Gasteiger partial charge is 0.381 e. The van der Waals surface area contributed by atoms with E-state index >= 15 is 0 Å². The van der Waals surface area contributed by atoms with Crippen molar-refractivity contribution in [2.75, 3.05) is 20.3 Å². The molecule has 0 amide bonds. The fourth-order valence-corrected chi connectivity index (χ4v) is 3.03. The van der Waals surface area contributed by atoms with Crippen LogP contribution in [0.2, 0.25) is 5.15 Å². The molecule has 0 unspecified atom stereocenters. The molecule has 0 aromatic carbocycles. The molecule has 17 heavy (non-hydrogen) atoms. The van der Waals surface area contributed by atoms with Gasteiger partial charge in [0.15, 0.2) is 5.82 Å². The van der Waals surface area contributed by atoms with Gasteiger partial charge in [0, 0.05) is 31.6 Å². The summed E-state index contributed by atoms with van der Waals surface area (Å²) < 4.78 is 10.3. The van der Waals surface area contributed by atoms with E-state index in [1.807, 2.05) is 0 Å². The Morgan fingerprint density at radius 3 is 2.94 bits per heavy atom. The average molecular weight is 275 g/mol. The first-order valence-electron chi connectivity index (χ1n) is 5.54. The summed E-state index contributed by atoms with van der Waals surface area (Å²) >= 11 is 7.71. The highest BCUT2D eigenvalue weighted by atomic mass is 35.5. The van der Waals surface area contributed by atoms with E-state index in [0.717, 1.165) is 31.1 Å². The van der Waals surface area contributed by atoms with Crippen LogP contribution in [0.25, 0.3) is 0 Å². The van der Waals surface area contributed by atoms with Crippen molar-refractivity contribution in [3.05, 3.63) is 17.0 Å². The number of ether oxygens (including phenoxy) is 2. The number of aromatic nitrogens is 2. The standard InChI is InChI=1S/C11H15ClN2O2S/c1-15-7-10-13-9(12)6-11(14-10)17-8-2-4-16-5-3-8/h6,8H,2-5,7H2,1H3. The van der Waals surface area contributed by atoms with Crippen LogP contribution in [0.3, 0.4) is 0 Å². The molecule has 1 aliphatic rings. The topological polar surface area (TPSA) is 44.2 Å². The molecule has 6 heteroatoms. The Labute approximate surface area is 110 Å². The fraction of sp³-hybridized carbons (Fsp3) is 0.636. The summed E-state index contributed by atoms with van der Waals surface area (Å²) in [6.45, 7) is 2.06. The van der Waals surface area contributed by atoms with Crippen molar-refractivity contribution in [3.63, 3.8) is 0 Å². The molecule has 2 rings (SSSR count). The summed E-state index contributed by atoms with van der Waals surface area (Å²) in [6, 6.07) is 1.81. The Morgan fingerprint density at radius 1 is 1.47 bits per heavy atom. The van der Waals surface area contributed by atoms with Crippen LogP contribution in [0.4, 0.5) is 0 Å². The molecule has 0 bridgehead atoms. The molecule has 2 heterocycles. The van der Waals surface area contributed by atoms with Gasteiger partial charge in [0.2, 0.25) is 0 Å². The number of hydrogen-bond donors (Lipinski definition) is 0. The second-order valence-corrected chi connectivity index (χ2v) is 5.52. The van der Waals surface area contributed by atoms with Gasteiger partial charge in [0.05, 0.1) is 0 Å². The number of rotatable bonds is 4. The maximum atomic E-state index is 5.96. The molecule has 1 fully saturated rings. The van der Waals surface area contributed by atoms with Crippen molar-refractivity contribution in [2.45, 2.75) is 29.7 Å². The highest BCUT2D eigenvalue weighted by Gasteiger charge is 2.16. The number of methoxy groups -OCH3 is 1.